The predicted octanol–water partition coefficient (Wildman–Crippen LogP) is -1.19. The molecule has 0 spiro atoms. The first-order valence-corrected chi connectivity index (χ1v) is 37.5. The predicted molar refractivity (Wildman–Crippen MR) is 388 cm³/mol. The van der Waals surface area contributed by atoms with Gasteiger partial charge in [-0.25, -0.2) is 4.79 Å². The van der Waals surface area contributed by atoms with Crippen molar-refractivity contribution < 1.29 is 186 Å². The van der Waals surface area contributed by atoms with Gasteiger partial charge in [0.15, 0.2) is 73.8 Å². The van der Waals surface area contributed by atoms with Crippen molar-refractivity contribution in [3.8, 4) is 0 Å². The molecule has 118 heavy (non-hydrogen) atoms. The summed E-state index contributed by atoms with van der Waals surface area (Å²) >= 11 is 0. The SMILES string of the molecule is CC(=O)OC[C@H]1O[C@@H](OCCOCCNC(=O)CCC(CCC(=O)NCCOCCO[C@@H]2O[C@H](COC(C)=O)[C@@H](OC(C)=O)[C@H](OC(C)=O)[C@H]2OC(C)=O)(CCC(=O)NCCOCCO[C@@H]2O[C@H](COC(C)=O)[C@@H](OC(C)=O)[C@H](OC(C)=O)[C@H]2OC(C)=O)NC(=O)CNC(=O)OCc2ccccc2)[C@H](OC(C)=O)[C@@H](OC(C)=O)[C@@H]1OC(C)=O. The Labute approximate surface area is 678 Å². The van der Waals surface area contributed by atoms with E-state index in [9.17, 15) is 81.5 Å². The maximum absolute atomic E-state index is 14.1. The van der Waals surface area contributed by atoms with Gasteiger partial charge >= 0.3 is 77.7 Å². The zero-order chi connectivity index (χ0) is 87.4. The molecule has 15 atom stereocenters. The van der Waals surface area contributed by atoms with Crippen molar-refractivity contribution in [1.29, 1.82) is 0 Å². The third kappa shape index (κ3) is 39.3. The largest absolute Gasteiger partial charge is 0.463 e. The van der Waals surface area contributed by atoms with Crippen molar-refractivity contribution in [1.82, 2.24) is 26.6 Å². The van der Waals surface area contributed by atoms with Crippen LogP contribution < -0.4 is 26.6 Å². The van der Waals surface area contributed by atoms with Crippen LogP contribution in [-0.4, -0.2) is 304 Å². The molecule has 3 heterocycles. The van der Waals surface area contributed by atoms with Crippen LogP contribution in [0, 0.1) is 0 Å². The minimum atomic E-state index is -1.60. The van der Waals surface area contributed by atoms with E-state index in [0.717, 1.165) is 83.1 Å². The van der Waals surface area contributed by atoms with Gasteiger partial charge in [-0.1, -0.05) is 30.3 Å². The van der Waals surface area contributed by atoms with Gasteiger partial charge in [0.2, 0.25) is 23.6 Å². The van der Waals surface area contributed by atoms with Gasteiger partial charge < -0.3 is 131 Å². The maximum atomic E-state index is 14.1. The summed E-state index contributed by atoms with van der Waals surface area (Å²) < 4.78 is 122. The Morgan fingerprint density at radius 2 is 0.593 bits per heavy atom. The lowest BCUT2D eigenvalue weighted by molar-refractivity contribution is -0.309. The highest BCUT2D eigenvalue weighted by molar-refractivity contribution is 5.84. The second kappa shape index (κ2) is 53.2. The van der Waals surface area contributed by atoms with Gasteiger partial charge in [-0.05, 0) is 24.8 Å². The van der Waals surface area contributed by atoms with Crippen molar-refractivity contribution in [3.63, 3.8) is 0 Å². The summed E-state index contributed by atoms with van der Waals surface area (Å²) in [4.78, 5) is 214. The molecule has 3 aliphatic heterocycles. The molecule has 0 radical (unpaired) electrons. The molecule has 44 nitrogen and oxygen atoms in total. The summed E-state index contributed by atoms with van der Waals surface area (Å²) in [7, 11) is 0. The highest BCUT2D eigenvalue weighted by Crippen LogP contribution is 2.34. The summed E-state index contributed by atoms with van der Waals surface area (Å²) in [5.74, 6) is -12.6. The minimum Gasteiger partial charge on any atom is -0.463 e. The van der Waals surface area contributed by atoms with Crippen LogP contribution in [0.25, 0.3) is 0 Å². The zero-order valence-electron chi connectivity index (χ0n) is 67.7. The van der Waals surface area contributed by atoms with Crippen LogP contribution in [0.2, 0.25) is 0 Å². The molecule has 3 fully saturated rings. The summed E-state index contributed by atoms with van der Waals surface area (Å²) in [5.41, 5.74) is -0.972. The monoisotopic (exact) mass is 1690 g/mol. The lowest BCUT2D eigenvalue weighted by Gasteiger charge is -2.44. The number of alkyl carbamates (subject to hydrolysis) is 1. The molecule has 1 aromatic rings. The third-order valence-corrected chi connectivity index (χ3v) is 16.6. The number of carbonyl (C=O) groups is 17. The van der Waals surface area contributed by atoms with Gasteiger partial charge in [0, 0.05) is 128 Å². The molecule has 0 aromatic heterocycles. The minimum absolute atomic E-state index is 0.134. The molecule has 5 N–H and O–H groups in total. The quantitative estimate of drug-likeness (QED) is 0.0291. The summed E-state index contributed by atoms with van der Waals surface area (Å²) in [5, 5.41) is 13.3. The number of rotatable bonds is 50. The average Bonchev–Trinajstić information content (AvgIpc) is 0.798. The molecule has 0 aliphatic carbocycles. The van der Waals surface area contributed by atoms with Crippen molar-refractivity contribution >= 4 is 101 Å². The van der Waals surface area contributed by atoms with E-state index in [1.165, 1.54) is 0 Å². The second-order valence-corrected chi connectivity index (χ2v) is 26.4. The van der Waals surface area contributed by atoms with E-state index in [1.54, 1.807) is 30.3 Å². The zero-order valence-corrected chi connectivity index (χ0v) is 67.7. The number of hydrogen-bond donors (Lipinski definition) is 5. The van der Waals surface area contributed by atoms with Gasteiger partial charge in [-0.15, -0.1) is 0 Å². The Balaban J connectivity index is 1.52. The van der Waals surface area contributed by atoms with Crippen LogP contribution in [0.3, 0.4) is 0 Å². The molecule has 0 bridgehead atoms. The molecule has 1 aromatic carbocycles. The van der Waals surface area contributed by atoms with E-state index >= 15 is 0 Å². The van der Waals surface area contributed by atoms with E-state index in [-0.39, 0.29) is 124 Å². The van der Waals surface area contributed by atoms with Crippen LogP contribution in [-0.2, 0) is 188 Å². The fraction of sp³-hybridized carbons (Fsp3) is 0.689. The van der Waals surface area contributed by atoms with Crippen LogP contribution in [0.5, 0.6) is 0 Å². The van der Waals surface area contributed by atoms with Crippen molar-refractivity contribution in [2.45, 2.75) is 226 Å². The van der Waals surface area contributed by atoms with Crippen molar-refractivity contribution in [2.75, 3.05) is 105 Å². The number of ether oxygens (including phenoxy) is 22. The Morgan fingerprint density at radius 1 is 0.314 bits per heavy atom. The Morgan fingerprint density at radius 3 is 0.873 bits per heavy atom. The van der Waals surface area contributed by atoms with Crippen LogP contribution in [0.1, 0.15) is 127 Å². The first-order chi connectivity index (χ1) is 55.9. The van der Waals surface area contributed by atoms with Crippen molar-refractivity contribution in [3.05, 3.63) is 35.9 Å². The molecule has 5 amide bonds. The fourth-order valence-corrected chi connectivity index (χ4v) is 11.9. The smallest absolute Gasteiger partial charge is 0.407 e. The van der Waals surface area contributed by atoms with E-state index < -0.39 is 225 Å². The van der Waals surface area contributed by atoms with Gasteiger partial charge in [-0.3, -0.25) is 76.7 Å². The average molecular weight is 1690 g/mol. The summed E-state index contributed by atoms with van der Waals surface area (Å²) in [6.07, 6.45) is -24.7. The topological polar surface area (TPSA) is 553 Å². The number of amides is 5. The molecule has 0 saturated carbocycles. The second-order valence-electron chi connectivity index (χ2n) is 26.4. The molecule has 3 saturated heterocycles. The van der Waals surface area contributed by atoms with Crippen LogP contribution in [0.4, 0.5) is 4.79 Å². The number of esters is 12. The Hall–Kier alpha value is -10.4. The molecule has 3 aliphatic rings. The first kappa shape index (κ1) is 100. The highest BCUT2D eigenvalue weighted by atomic mass is 16.8. The van der Waals surface area contributed by atoms with Gasteiger partial charge in [0.1, 0.15) is 51.3 Å². The van der Waals surface area contributed by atoms with Gasteiger partial charge in [0.25, 0.3) is 0 Å². The number of hydrogen-bond acceptors (Lipinski definition) is 39. The normalized spacial score (nSPS) is 22.6. The fourth-order valence-electron chi connectivity index (χ4n) is 11.9. The standard InChI is InChI=1S/C74H107N5O39/c1-41(80)103-38-54-61(107-44(4)83)64(110-47(7)86)67(113-50(10)89)70(116-54)100-33-30-97-27-24-75-57(92)18-21-74(79-60(95)36-78-73(96)106-37-53-16-14-13-15-17-53,22-19-58(93)76-25-28-98-31-34-101-71-68(114-51(11)90)65(111-48(8)87)62(108-45(5)84)55(117-71)39-104-42(2)81)23-20-59(94)77-26-29-99-32-35-102-72-69(115-52(12)91)66(112-49(9)88)63(109-46(6)85)56(118-72)40-105-43(3)82/h13-17,54-56,61-72H,18-40H2,1-12H3,(H,75,92)(H,76,93)(H,77,94)(H,78,96)(H,79,95)/t54-,55-,56-,61-,62-,63-,64+,65+,66+,67-,68-,69-,70-,71-,72-/m1/s1. The number of benzene rings is 1. The molecule has 0 unspecified atom stereocenters. The highest BCUT2D eigenvalue weighted by Gasteiger charge is 2.56. The van der Waals surface area contributed by atoms with Crippen LogP contribution >= 0.6 is 0 Å². The molecular weight excluding hydrogens is 1580 g/mol. The molecular formula is C74H107N5O39. The van der Waals surface area contributed by atoms with E-state index in [4.69, 9.17) is 104 Å². The molecule has 4 rings (SSSR count). The molecule has 662 valence electrons. The summed E-state index contributed by atoms with van der Waals surface area (Å²) in [6, 6.07) is 8.60. The molecule has 44 heteroatoms. The van der Waals surface area contributed by atoms with Crippen LogP contribution in [0.15, 0.2) is 30.3 Å². The van der Waals surface area contributed by atoms with E-state index in [1.807, 2.05) is 0 Å². The summed E-state index contributed by atoms with van der Waals surface area (Å²) in [6.45, 7) is 8.13. The number of carbonyl (C=O) groups excluding carboxylic acids is 17. The Bertz CT molecular complexity index is 3200. The van der Waals surface area contributed by atoms with Gasteiger partial charge in [0.05, 0.1) is 59.5 Å². The Kier molecular flexibility index (Phi) is 45.1. The first-order valence-electron chi connectivity index (χ1n) is 37.5. The lowest BCUT2D eigenvalue weighted by atomic mass is 9.83. The third-order valence-electron chi connectivity index (χ3n) is 16.6. The van der Waals surface area contributed by atoms with E-state index in [0.29, 0.717) is 5.56 Å². The van der Waals surface area contributed by atoms with Crippen molar-refractivity contribution in [2.24, 2.45) is 0 Å². The van der Waals surface area contributed by atoms with E-state index in [2.05, 4.69) is 26.6 Å². The lowest BCUT2D eigenvalue weighted by Crippen LogP contribution is -2.63. The van der Waals surface area contributed by atoms with Gasteiger partial charge in [-0.2, -0.15) is 0 Å². The number of nitrogens with one attached hydrogen (secondary N) is 5. The maximum Gasteiger partial charge on any atom is 0.407 e.